The molecule has 24 rings (SSSR count). The van der Waals surface area contributed by atoms with E-state index in [1.165, 1.54) is 264 Å². The minimum absolute atomic E-state index is 0.0400. The van der Waals surface area contributed by atoms with Gasteiger partial charge in [0.25, 0.3) is 56.9 Å². The third-order valence-corrected chi connectivity index (χ3v) is 32.6. The fourth-order valence-electron chi connectivity index (χ4n) is 23.7. The number of benzene rings is 9. The van der Waals surface area contributed by atoms with Crippen molar-refractivity contribution in [3.05, 3.63) is 452 Å². The average Bonchev–Trinajstić information content (AvgIpc) is 1.21. The van der Waals surface area contributed by atoms with Gasteiger partial charge in [0.15, 0.2) is 17.6 Å². The molecule has 0 fully saturated rings. The number of nitrogens with zero attached hydrogens (tertiary/aromatic N) is 10. The topological polar surface area (TPSA) is 38.8 Å². The maximum absolute atomic E-state index is 2.40. The summed E-state index contributed by atoms with van der Waals surface area (Å²) in [6.45, 7) is 29.4. The minimum atomic E-state index is 0.0400. The Balaban J connectivity index is 0.000000109. The van der Waals surface area contributed by atoms with E-state index in [1.807, 2.05) is 0 Å². The summed E-state index contributed by atoms with van der Waals surface area (Å²) in [4.78, 5) is 0. The van der Waals surface area contributed by atoms with Crippen molar-refractivity contribution < 1.29 is 45.7 Å². The number of rotatable bonds is 9. The highest BCUT2D eigenvalue weighted by Crippen LogP contribution is 2.54. The van der Waals surface area contributed by atoms with Crippen LogP contribution in [0.3, 0.4) is 0 Å². The van der Waals surface area contributed by atoms with Crippen LogP contribution in [0.25, 0.3) is 158 Å². The molecule has 10 nitrogen and oxygen atoms in total. The molecule has 9 aromatic carbocycles. The average molecular weight is 1870 g/mol. The van der Waals surface area contributed by atoms with Gasteiger partial charge in [0, 0.05) is 170 Å². The van der Waals surface area contributed by atoms with Crippen LogP contribution in [0.5, 0.6) is 0 Å². The zero-order chi connectivity index (χ0) is 100. The lowest BCUT2D eigenvalue weighted by atomic mass is 9.56. The van der Waals surface area contributed by atoms with Crippen molar-refractivity contribution in [1.82, 2.24) is 0 Å². The monoisotopic (exact) mass is 1870 g/mol. The van der Waals surface area contributed by atoms with Crippen LogP contribution in [-0.2, 0) is 107 Å². The first-order valence-electron chi connectivity index (χ1n) is 50.6. The van der Waals surface area contributed by atoms with E-state index in [-0.39, 0.29) is 10.8 Å². The van der Waals surface area contributed by atoms with Crippen LogP contribution in [0.15, 0.2) is 346 Å². The fraction of sp³-hybridized carbons (Fsp3) is 0.218. The molecule has 19 aromatic rings. The first kappa shape index (κ1) is 95.0. The number of pyridine rings is 10. The lowest BCUT2D eigenvalue weighted by Gasteiger charge is -2.47. The summed E-state index contributed by atoms with van der Waals surface area (Å²) in [5, 5.41) is 0. The minimum Gasteiger partial charge on any atom is -0.196 e. The molecular formula is C133H134N10+10. The van der Waals surface area contributed by atoms with Crippen LogP contribution in [-0.4, -0.2) is 0 Å². The zero-order valence-electron chi connectivity index (χ0n) is 87.7. The van der Waals surface area contributed by atoms with Crippen LogP contribution >= 0.6 is 0 Å². The van der Waals surface area contributed by atoms with Crippen molar-refractivity contribution >= 4 is 0 Å². The Morgan fingerprint density at radius 1 is 0.189 bits per heavy atom. The van der Waals surface area contributed by atoms with Gasteiger partial charge in [-0.05, 0) is 243 Å². The van der Waals surface area contributed by atoms with Crippen molar-refractivity contribution in [1.29, 1.82) is 0 Å². The van der Waals surface area contributed by atoms with E-state index in [2.05, 4.69) is 552 Å². The predicted molar refractivity (Wildman–Crippen MR) is 580 cm³/mol. The molecule has 10 heteroatoms. The lowest BCUT2D eigenvalue weighted by Crippen LogP contribution is -2.49. The number of hydrogen-bond donors (Lipinski definition) is 0. The number of hydrogen-bond acceptors (Lipinski definition) is 0. The molecule has 0 spiro atoms. The molecule has 143 heavy (non-hydrogen) atoms. The molecular weight excluding hydrogens is 1740 g/mol. The predicted octanol–water partition coefficient (Wildman–Crippen LogP) is 24.0. The molecule has 5 aliphatic carbocycles. The van der Waals surface area contributed by atoms with E-state index in [1.54, 1.807) is 0 Å². The van der Waals surface area contributed by atoms with Crippen LogP contribution < -0.4 is 45.7 Å². The van der Waals surface area contributed by atoms with E-state index in [0.29, 0.717) is 0 Å². The number of aromatic nitrogens is 10. The summed E-state index contributed by atoms with van der Waals surface area (Å²) < 4.78 is 23.4. The Kier molecular flexibility index (Phi) is 25.4. The smallest absolute Gasteiger partial charge is 0.196 e. The molecule has 0 saturated heterocycles. The summed E-state index contributed by atoms with van der Waals surface area (Å²) in [6.07, 6.45) is 6.15. The van der Waals surface area contributed by atoms with E-state index in [4.69, 9.17) is 0 Å². The highest BCUT2D eigenvalue weighted by Gasteiger charge is 2.51. The molecule has 10 aromatic heterocycles. The molecule has 0 amide bonds. The van der Waals surface area contributed by atoms with Gasteiger partial charge in [-0.2, -0.15) is 45.7 Å². The van der Waals surface area contributed by atoms with Gasteiger partial charge in [-0.1, -0.05) is 190 Å². The van der Waals surface area contributed by atoms with Crippen molar-refractivity contribution in [2.75, 3.05) is 0 Å². The summed E-state index contributed by atoms with van der Waals surface area (Å²) in [5.74, 6) is 0. The summed E-state index contributed by atoms with van der Waals surface area (Å²) >= 11 is 0. The van der Waals surface area contributed by atoms with Crippen LogP contribution in [0, 0.1) is 62.3 Å². The first-order valence-corrected chi connectivity index (χ1v) is 50.6. The van der Waals surface area contributed by atoms with Crippen LogP contribution in [0.1, 0.15) is 134 Å². The van der Waals surface area contributed by atoms with Crippen LogP contribution in [0.2, 0.25) is 0 Å². The highest BCUT2D eigenvalue weighted by molar-refractivity contribution is 5.81. The molecule has 0 bridgehead atoms. The van der Waals surface area contributed by atoms with Gasteiger partial charge in [-0.3, -0.25) is 0 Å². The SMILES string of the molecule is Cc1cc(C)c(C)c(-c2cccc(-c3ccc4c([n+]3C)-c3ccccc3C4)[n+]2C)c1.Cc1cc(C)c(C)c(-c2cccc(-c3ccc4c([n+]3C)Cc3ccccc3-4)[n+]2C)c1.Cc1cccc2c1-c1c(ccc(-c3cccc[n+]3C)[n+]1C)C(C)(C)C2(C)C.Cc1ccccc1-c1cccc(-c2ccc3c([n+]2C)-c2ccccc2C3)[n+]1C.Cc1ccccc1-c1cccc(-c2ccc3c([n+]2C)Cc2ccccc2-3)[n+]1C. The second-order valence-electron chi connectivity index (χ2n) is 41.5. The maximum atomic E-state index is 2.40. The summed E-state index contributed by atoms with van der Waals surface area (Å²) in [7, 11) is 21.8. The van der Waals surface area contributed by atoms with E-state index in [9.17, 15) is 0 Å². The maximum Gasteiger partial charge on any atom is 0.277 e. The molecule has 0 aliphatic heterocycles. The molecule has 5 aliphatic rings. The van der Waals surface area contributed by atoms with Crippen molar-refractivity contribution in [3.63, 3.8) is 0 Å². The first-order chi connectivity index (χ1) is 68.9. The van der Waals surface area contributed by atoms with Gasteiger partial charge >= 0.3 is 0 Å². The van der Waals surface area contributed by atoms with Crippen molar-refractivity contribution in [2.24, 2.45) is 70.5 Å². The zero-order valence-corrected chi connectivity index (χ0v) is 87.7. The third-order valence-electron chi connectivity index (χ3n) is 32.6. The van der Waals surface area contributed by atoms with E-state index >= 15 is 0 Å². The lowest BCUT2D eigenvalue weighted by molar-refractivity contribution is -0.689. The van der Waals surface area contributed by atoms with Gasteiger partial charge < -0.3 is 0 Å². The van der Waals surface area contributed by atoms with Gasteiger partial charge in [-0.15, -0.1) is 0 Å². The largest absolute Gasteiger partial charge is 0.277 e. The quantitative estimate of drug-likeness (QED) is 0.129. The summed E-state index contributed by atoms with van der Waals surface area (Å²) in [5.41, 5.74) is 62.3. The molecule has 0 N–H and O–H groups in total. The van der Waals surface area contributed by atoms with Gasteiger partial charge in [-0.25, -0.2) is 0 Å². The van der Waals surface area contributed by atoms with E-state index < -0.39 is 0 Å². The molecule has 0 atom stereocenters. The number of fused-ring (bicyclic) bond motifs is 15. The Morgan fingerprint density at radius 3 is 0.902 bits per heavy atom. The Hall–Kier alpha value is -15.5. The molecule has 0 radical (unpaired) electrons. The molecule has 10 heterocycles. The fourth-order valence-corrected chi connectivity index (χ4v) is 23.7. The van der Waals surface area contributed by atoms with E-state index in [0.717, 1.165) is 25.7 Å². The number of aryl methyl sites for hydroxylation is 8. The van der Waals surface area contributed by atoms with Crippen molar-refractivity contribution in [3.8, 4) is 158 Å². The Morgan fingerprint density at radius 2 is 0.490 bits per heavy atom. The van der Waals surface area contributed by atoms with Crippen molar-refractivity contribution in [2.45, 2.75) is 127 Å². The van der Waals surface area contributed by atoms with Gasteiger partial charge in [0.05, 0.1) is 18.4 Å². The third kappa shape index (κ3) is 16.8. The standard InChI is InChI=1S/2C28H28N2.2C26H24N2.C25H30N2/c1-18-15-19(2)20(3)24(16-18)25-11-8-12-26(29(25)4)27-14-13-22-17-21-9-6-7-10-23(21)28(22)30(27)5;1-18-15-19(2)20(3)24(16-18)25-11-8-12-26(29(25)4)27-14-13-23-22-10-7-6-9-21(22)17-28(23)30(27)5;1-18-9-4-6-11-21(18)23-13-8-14-24(27(23)2)25-16-15-20-17-19-10-5-7-12-22(19)26(20)28(25)3;1-18-9-4-6-11-20(18)23-13-8-14-24(27(23)2)25-16-15-22-21-12-7-5-10-19(21)17-26(22)28(25)3;1-17-11-10-12-18-22(17)23-19(25(4,5)24(18,2)3)14-15-21(27(23)7)20-13-8-9-16-26(20)6/h2*6-16H,17H2,1-5H3;2*4-16H,17H2,1-3H3;8-16H,1-7H3/q5*+2. The Bertz CT molecular complexity index is 8380. The second kappa shape index (κ2) is 38.1. The normalized spacial score (nSPS) is 12.9. The second-order valence-corrected chi connectivity index (χ2v) is 41.5. The Labute approximate surface area is 846 Å². The van der Waals surface area contributed by atoms with Crippen LogP contribution in [0.4, 0.5) is 0 Å². The van der Waals surface area contributed by atoms with Gasteiger partial charge in [0.2, 0.25) is 39.9 Å². The molecule has 0 unspecified atom stereocenters. The van der Waals surface area contributed by atoms with Gasteiger partial charge in [0.1, 0.15) is 70.5 Å². The molecule has 706 valence electrons. The molecule has 0 saturated carbocycles. The summed E-state index contributed by atoms with van der Waals surface area (Å²) in [6, 6.07) is 124. The highest BCUT2D eigenvalue weighted by atomic mass is 15.1.